The molecule has 2 aromatic rings. The van der Waals surface area contributed by atoms with Gasteiger partial charge in [0.2, 0.25) is 5.95 Å². The summed E-state index contributed by atoms with van der Waals surface area (Å²) < 4.78 is 58.4. The second-order valence-corrected chi connectivity index (χ2v) is 9.70. The molecule has 30 heavy (non-hydrogen) atoms. The van der Waals surface area contributed by atoms with Gasteiger partial charge in [-0.1, -0.05) is 0 Å². The van der Waals surface area contributed by atoms with Crippen LogP contribution in [0, 0.1) is 5.95 Å². The molecule has 1 fully saturated rings. The molecule has 1 aliphatic heterocycles. The monoisotopic (exact) mass is 437 g/mol. The average molecular weight is 437 g/mol. The van der Waals surface area contributed by atoms with Gasteiger partial charge in [0.25, 0.3) is 10.0 Å². The van der Waals surface area contributed by atoms with E-state index in [1.165, 1.54) is 13.2 Å². The van der Waals surface area contributed by atoms with E-state index in [0.29, 0.717) is 5.59 Å². The second kappa shape index (κ2) is 7.79. The quantitative estimate of drug-likeness (QED) is 0.505. The molecule has 8 nitrogen and oxygen atoms in total. The summed E-state index contributed by atoms with van der Waals surface area (Å²) in [4.78, 5) is 7.69. The first kappa shape index (κ1) is 22.5. The van der Waals surface area contributed by atoms with Crippen molar-refractivity contribution in [3.63, 3.8) is 0 Å². The Bertz CT molecular complexity index is 1030. The van der Waals surface area contributed by atoms with E-state index in [0.717, 1.165) is 16.6 Å². The smallest absolute Gasteiger partial charge is 0.493 e. The van der Waals surface area contributed by atoms with Crippen molar-refractivity contribution in [2.24, 2.45) is 0 Å². The van der Waals surface area contributed by atoms with Crippen molar-refractivity contribution >= 4 is 28.6 Å². The fourth-order valence-electron chi connectivity index (χ4n) is 2.99. The first-order valence-electron chi connectivity index (χ1n) is 9.48. The van der Waals surface area contributed by atoms with Crippen LogP contribution in [0.15, 0.2) is 35.4 Å². The van der Waals surface area contributed by atoms with Crippen LogP contribution in [0.5, 0.6) is 5.75 Å². The third-order valence-corrected chi connectivity index (χ3v) is 7.25. The predicted octanol–water partition coefficient (Wildman–Crippen LogP) is 2.14. The molecule has 0 radical (unpaired) electrons. The van der Waals surface area contributed by atoms with E-state index in [4.69, 9.17) is 14.0 Å². The fraction of sp³-hybridized carbons (Fsp3) is 0.474. The van der Waals surface area contributed by atoms with Crippen molar-refractivity contribution in [2.45, 2.75) is 50.7 Å². The molecule has 0 N–H and O–H groups in total. The van der Waals surface area contributed by atoms with Gasteiger partial charge in [-0.15, -0.1) is 0 Å². The van der Waals surface area contributed by atoms with E-state index in [1.54, 1.807) is 19.1 Å². The summed E-state index contributed by atoms with van der Waals surface area (Å²) in [7, 11) is -3.48. The fourth-order valence-corrected chi connectivity index (χ4v) is 4.42. The Labute approximate surface area is 176 Å². The number of rotatable bonds is 6. The molecule has 0 bridgehead atoms. The largest absolute Gasteiger partial charge is 0.514 e. The highest BCUT2D eigenvalue weighted by atomic mass is 32.2. The minimum atomic E-state index is -4.12. The van der Waals surface area contributed by atoms with Crippen LogP contribution in [-0.2, 0) is 19.3 Å². The number of ether oxygens (including phenoxy) is 1. The Morgan fingerprint density at radius 2 is 1.80 bits per heavy atom. The highest BCUT2D eigenvalue weighted by Crippen LogP contribution is 2.37. The molecule has 2 aromatic heterocycles. The first-order valence-corrected chi connectivity index (χ1v) is 10.9. The summed E-state index contributed by atoms with van der Waals surface area (Å²) in [6, 6.07) is 5.36. The van der Waals surface area contributed by atoms with Crippen LogP contribution in [0.3, 0.4) is 0 Å². The molecule has 0 atom stereocenters. The van der Waals surface area contributed by atoms with Crippen LogP contribution in [0.25, 0.3) is 0 Å². The lowest BCUT2D eigenvalue weighted by molar-refractivity contribution is 0.00578. The number of hydrogen-bond donors (Lipinski definition) is 0. The maximum atomic E-state index is 13.6. The summed E-state index contributed by atoms with van der Waals surface area (Å²) in [6.07, 6.45) is 1.10. The normalized spacial score (nSPS) is 17.8. The van der Waals surface area contributed by atoms with Crippen LogP contribution in [-0.4, -0.2) is 50.4 Å². The molecule has 0 aromatic carbocycles. The van der Waals surface area contributed by atoms with Crippen LogP contribution in [0.4, 0.5) is 10.2 Å². The Morgan fingerprint density at radius 1 is 1.17 bits per heavy atom. The minimum Gasteiger partial charge on any atom is -0.493 e. The lowest BCUT2D eigenvalue weighted by Gasteiger charge is -2.32. The van der Waals surface area contributed by atoms with Gasteiger partial charge in [-0.3, -0.25) is 0 Å². The Balaban J connectivity index is 2.07. The van der Waals surface area contributed by atoms with Crippen LogP contribution in [0.1, 0.15) is 34.6 Å². The van der Waals surface area contributed by atoms with Crippen molar-refractivity contribution < 1.29 is 26.9 Å². The molecule has 0 spiro atoms. The van der Waals surface area contributed by atoms with Gasteiger partial charge in [-0.05, 0) is 52.8 Å². The van der Waals surface area contributed by atoms with E-state index < -0.39 is 34.3 Å². The van der Waals surface area contributed by atoms with E-state index in [9.17, 15) is 12.8 Å². The number of aromatic nitrogens is 2. The van der Waals surface area contributed by atoms with Gasteiger partial charge in [0.1, 0.15) is 0 Å². The van der Waals surface area contributed by atoms with Crippen molar-refractivity contribution in [2.75, 3.05) is 18.0 Å². The molecule has 1 saturated heterocycles. The summed E-state index contributed by atoms with van der Waals surface area (Å²) in [5.41, 5.74) is -0.756. The predicted molar refractivity (Wildman–Crippen MR) is 111 cm³/mol. The minimum absolute atomic E-state index is 0.0441. The zero-order chi connectivity index (χ0) is 22.3. The maximum Gasteiger partial charge on any atom is 0.514 e. The zero-order valence-electron chi connectivity index (χ0n) is 17.8. The van der Waals surface area contributed by atoms with E-state index in [1.807, 2.05) is 27.7 Å². The molecule has 0 unspecified atom stereocenters. The standard InChI is InChI=1S/C19H25BFN3O5S/c1-7-24(30(25,26)13-10-11-22-16(21)12-13)17-14(27-6)8-9-15(23-17)20-28-18(2,3)19(4,5)29-20/h8-12H,7H2,1-6H3. The number of sulfonamides is 1. The molecule has 162 valence electrons. The van der Waals surface area contributed by atoms with E-state index >= 15 is 0 Å². The lowest BCUT2D eigenvalue weighted by Crippen LogP contribution is -2.41. The highest BCUT2D eigenvalue weighted by molar-refractivity contribution is 7.92. The highest BCUT2D eigenvalue weighted by Gasteiger charge is 2.52. The number of methoxy groups -OCH3 is 1. The van der Waals surface area contributed by atoms with Crippen molar-refractivity contribution in [1.29, 1.82) is 0 Å². The third kappa shape index (κ3) is 3.89. The Morgan fingerprint density at radius 3 is 2.33 bits per heavy atom. The molecule has 3 rings (SSSR count). The summed E-state index contributed by atoms with van der Waals surface area (Å²) in [5.74, 6) is -0.585. The van der Waals surface area contributed by atoms with Crippen LogP contribution in [0.2, 0.25) is 0 Å². The van der Waals surface area contributed by atoms with E-state index in [2.05, 4.69) is 9.97 Å². The van der Waals surface area contributed by atoms with Gasteiger partial charge in [0.05, 0.1) is 28.8 Å². The lowest BCUT2D eigenvalue weighted by atomic mass is 9.84. The van der Waals surface area contributed by atoms with Crippen molar-refractivity contribution in [1.82, 2.24) is 9.97 Å². The van der Waals surface area contributed by atoms with Gasteiger partial charge in [-0.2, -0.15) is 4.39 Å². The summed E-state index contributed by atoms with van der Waals surface area (Å²) in [6.45, 7) is 9.35. The molecule has 0 amide bonds. The molecule has 3 heterocycles. The van der Waals surface area contributed by atoms with Gasteiger partial charge >= 0.3 is 7.12 Å². The summed E-state index contributed by atoms with van der Waals surface area (Å²) in [5, 5.41) is 0. The van der Waals surface area contributed by atoms with Crippen LogP contribution < -0.4 is 14.6 Å². The van der Waals surface area contributed by atoms with E-state index in [-0.39, 0.29) is 23.0 Å². The Kier molecular flexibility index (Phi) is 5.83. The third-order valence-electron chi connectivity index (χ3n) is 5.38. The maximum absolute atomic E-state index is 13.6. The number of halogens is 1. The number of pyridine rings is 2. The van der Waals surface area contributed by atoms with Gasteiger partial charge in [0.15, 0.2) is 11.6 Å². The topological polar surface area (TPSA) is 90.9 Å². The number of hydrogen-bond acceptors (Lipinski definition) is 7. The summed E-state index contributed by atoms with van der Waals surface area (Å²) >= 11 is 0. The van der Waals surface area contributed by atoms with Crippen molar-refractivity contribution in [3.8, 4) is 5.75 Å². The second-order valence-electron chi connectivity index (χ2n) is 7.83. The molecule has 0 saturated carbocycles. The molecular weight excluding hydrogens is 412 g/mol. The van der Waals surface area contributed by atoms with Gasteiger partial charge in [-0.25, -0.2) is 22.7 Å². The number of anilines is 1. The number of nitrogens with zero attached hydrogens (tertiary/aromatic N) is 3. The molecule has 0 aliphatic carbocycles. The van der Waals surface area contributed by atoms with Gasteiger partial charge in [0, 0.05) is 18.8 Å². The first-order chi connectivity index (χ1) is 13.9. The molecular formula is C19H25BFN3O5S. The molecule has 1 aliphatic rings. The van der Waals surface area contributed by atoms with Crippen molar-refractivity contribution in [3.05, 3.63) is 36.4 Å². The molecule has 11 heteroatoms. The SMILES string of the molecule is CCN(c1nc(B2OC(C)(C)C(C)(C)O2)ccc1OC)S(=O)(=O)c1ccnc(F)c1. The van der Waals surface area contributed by atoms with Crippen LogP contribution >= 0.6 is 0 Å². The average Bonchev–Trinajstić information content (AvgIpc) is 2.89. The van der Waals surface area contributed by atoms with Gasteiger partial charge < -0.3 is 14.0 Å². The Hall–Kier alpha value is -2.24. The zero-order valence-corrected chi connectivity index (χ0v) is 18.7.